The number of alkyl halides is 3. The minimum atomic E-state index is -4.46. The van der Waals surface area contributed by atoms with E-state index in [1.807, 2.05) is 4.90 Å². The van der Waals surface area contributed by atoms with Crippen molar-refractivity contribution in [3.63, 3.8) is 0 Å². The Kier molecular flexibility index (Phi) is 3.82. The molecule has 106 valence electrons. The van der Waals surface area contributed by atoms with E-state index in [0.29, 0.717) is 5.82 Å². The van der Waals surface area contributed by atoms with Gasteiger partial charge in [0.05, 0.1) is 0 Å². The number of nitrogens with one attached hydrogen (secondary N) is 1. The summed E-state index contributed by atoms with van der Waals surface area (Å²) < 4.78 is 38.4. The molecule has 1 aliphatic carbocycles. The van der Waals surface area contributed by atoms with Crippen molar-refractivity contribution >= 4 is 11.8 Å². The fourth-order valence-corrected chi connectivity index (χ4v) is 2.35. The molecule has 2 rings (SSSR count). The summed E-state index contributed by atoms with van der Waals surface area (Å²) in [6.07, 6.45) is -0.233. The molecule has 1 saturated carbocycles. The highest BCUT2D eigenvalue weighted by molar-refractivity contribution is 5.45. The van der Waals surface area contributed by atoms with E-state index >= 15 is 0 Å². The van der Waals surface area contributed by atoms with Crippen molar-refractivity contribution in [2.75, 3.05) is 24.3 Å². The van der Waals surface area contributed by atoms with E-state index in [-0.39, 0.29) is 12.0 Å². The van der Waals surface area contributed by atoms with E-state index < -0.39 is 11.9 Å². The fraction of sp³-hybridized carbons (Fsp3) is 0.667. The molecule has 0 aliphatic heterocycles. The van der Waals surface area contributed by atoms with Crippen LogP contribution in [-0.4, -0.2) is 30.1 Å². The number of halogens is 3. The number of anilines is 2. The standard InChI is InChI=1S/C12H17F3N4/c1-16-11-17-9(12(13,14)15)7-10(18-11)19(2)8-5-3-4-6-8/h7-8H,3-6H2,1-2H3,(H,16,17,18). The van der Waals surface area contributed by atoms with Crippen LogP contribution in [0.25, 0.3) is 0 Å². The minimum Gasteiger partial charge on any atom is -0.357 e. The van der Waals surface area contributed by atoms with Crippen LogP contribution in [-0.2, 0) is 6.18 Å². The van der Waals surface area contributed by atoms with E-state index in [9.17, 15) is 13.2 Å². The highest BCUT2D eigenvalue weighted by atomic mass is 19.4. The van der Waals surface area contributed by atoms with Crippen LogP contribution in [0.2, 0.25) is 0 Å². The molecule has 0 saturated heterocycles. The first-order valence-electron chi connectivity index (χ1n) is 6.28. The van der Waals surface area contributed by atoms with Gasteiger partial charge in [-0.1, -0.05) is 12.8 Å². The molecule has 7 heteroatoms. The molecule has 1 aromatic rings. The molecular weight excluding hydrogens is 257 g/mol. The SMILES string of the molecule is CNc1nc(N(C)C2CCCC2)cc(C(F)(F)F)n1. The summed E-state index contributed by atoms with van der Waals surface area (Å²) >= 11 is 0. The number of aromatic nitrogens is 2. The van der Waals surface area contributed by atoms with Crippen molar-refractivity contribution in [1.29, 1.82) is 0 Å². The molecule has 0 unspecified atom stereocenters. The van der Waals surface area contributed by atoms with Gasteiger partial charge in [0.1, 0.15) is 5.82 Å². The zero-order valence-electron chi connectivity index (χ0n) is 11.0. The minimum absolute atomic E-state index is 0.00493. The molecule has 1 heterocycles. The summed E-state index contributed by atoms with van der Waals surface area (Å²) in [4.78, 5) is 9.40. The molecule has 1 fully saturated rings. The lowest BCUT2D eigenvalue weighted by Gasteiger charge is -2.26. The fourth-order valence-electron chi connectivity index (χ4n) is 2.35. The summed E-state index contributed by atoms with van der Waals surface area (Å²) in [5.41, 5.74) is -0.910. The summed E-state index contributed by atoms with van der Waals surface area (Å²) in [5, 5.41) is 2.58. The maximum atomic E-state index is 12.8. The Morgan fingerprint density at radius 2 is 1.89 bits per heavy atom. The first-order chi connectivity index (χ1) is 8.91. The van der Waals surface area contributed by atoms with Gasteiger partial charge < -0.3 is 10.2 Å². The maximum Gasteiger partial charge on any atom is 0.433 e. The molecule has 4 nitrogen and oxygen atoms in total. The number of rotatable bonds is 3. The molecule has 1 aromatic heterocycles. The van der Waals surface area contributed by atoms with Gasteiger partial charge in [0.2, 0.25) is 5.95 Å². The van der Waals surface area contributed by atoms with Gasteiger partial charge in [-0.25, -0.2) is 4.98 Å². The molecule has 1 N–H and O–H groups in total. The van der Waals surface area contributed by atoms with Gasteiger partial charge in [0, 0.05) is 26.2 Å². The molecule has 1 aliphatic rings. The highest BCUT2D eigenvalue weighted by Gasteiger charge is 2.34. The van der Waals surface area contributed by atoms with Crippen LogP contribution in [0.4, 0.5) is 24.9 Å². The number of hydrogen-bond donors (Lipinski definition) is 1. The lowest BCUT2D eigenvalue weighted by Crippen LogP contribution is -2.30. The third kappa shape index (κ3) is 3.08. The van der Waals surface area contributed by atoms with Gasteiger partial charge in [0.15, 0.2) is 5.69 Å². The Morgan fingerprint density at radius 3 is 2.42 bits per heavy atom. The average Bonchev–Trinajstić information content (AvgIpc) is 2.90. The quantitative estimate of drug-likeness (QED) is 0.920. The zero-order valence-corrected chi connectivity index (χ0v) is 11.0. The van der Waals surface area contributed by atoms with Gasteiger partial charge in [-0.05, 0) is 12.8 Å². The predicted molar refractivity (Wildman–Crippen MR) is 67.2 cm³/mol. The first-order valence-corrected chi connectivity index (χ1v) is 6.28. The monoisotopic (exact) mass is 274 g/mol. The van der Waals surface area contributed by atoms with Gasteiger partial charge in [-0.2, -0.15) is 18.2 Å². The van der Waals surface area contributed by atoms with Gasteiger partial charge >= 0.3 is 6.18 Å². The molecule has 19 heavy (non-hydrogen) atoms. The molecule has 0 bridgehead atoms. The van der Waals surface area contributed by atoms with Crippen LogP contribution in [0.5, 0.6) is 0 Å². The van der Waals surface area contributed by atoms with Crippen molar-refractivity contribution < 1.29 is 13.2 Å². The van der Waals surface area contributed by atoms with Crippen LogP contribution < -0.4 is 10.2 Å². The molecule has 0 spiro atoms. The lowest BCUT2D eigenvalue weighted by atomic mass is 10.2. The van der Waals surface area contributed by atoms with E-state index in [1.54, 1.807) is 7.05 Å². The van der Waals surface area contributed by atoms with E-state index in [0.717, 1.165) is 31.7 Å². The van der Waals surface area contributed by atoms with Crippen LogP contribution in [0.15, 0.2) is 6.07 Å². The van der Waals surface area contributed by atoms with Gasteiger partial charge in [-0.15, -0.1) is 0 Å². The van der Waals surface area contributed by atoms with Crippen LogP contribution in [0.1, 0.15) is 31.4 Å². The summed E-state index contributed by atoms with van der Waals surface area (Å²) in [6.45, 7) is 0. The third-order valence-electron chi connectivity index (χ3n) is 3.46. The summed E-state index contributed by atoms with van der Waals surface area (Å²) in [7, 11) is 3.30. The smallest absolute Gasteiger partial charge is 0.357 e. The van der Waals surface area contributed by atoms with Crippen LogP contribution in [0.3, 0.4) is 0 Å². The van der Waals surface area contributed by atoms with Crippen molar-refractivity contribution in [2.45, 2.75) is 37.9 Å². The van der Waals surface area contributed by atoms with Gasteiger partial charge in [0.25, 0.3) is 0 Å². The Bertz CT molecular complexity index is 441. The highest BCUT2D eigenvalue weighted by Crippen LogP contribution is 2.32. The Balaban J connectivity index is 2.33. The molecule has 0 radical (unpaired) electrons. The second-order valence-electron chi connectivity index (χ2n) is 4.73. The van der Waals surface area contributed by atoms with E-state index in [4.69, 9.17) is 0 Å². The molecule has 0 atom stereocenters. The molecule has 0 amide bonds. The topological polar surface area (TPSA) is 41.1 Å². The van der Waals surface area contributed by atoms with Crippen LogP contribution >= 0.6 is 0 Å². The third-order valence-corrected chi connectivity index (χ3v) is 3.46. The second-order valence-corrected chi connectivity index (χ2v) is 4.73. The second kappa shape index (κ2) is 5.22. The molecule has 0 aromatic carbocycles. The Hall–Kier alpha value is -1.53. The zero-order chi connectivity index (χ0) is 14.0. The van der Waals surface area contributed by atoms with Crippen molar-refractivity contribution in [2.24, 2.45) is 0 Å². The lowest BCUT2D eigenvalue weighted by molar-refractivity contribution is -0.141. The Labute approximate surface area is 110 Å². The average molecular weight is 274 g/mol. The van der Waals surface area contributed by atoms with E-state index in [1.165, 1.54) is 7.05 Å². The summed E-state index contributed by atoms with van der Waals surface area (Å²) in [5.74, 6) is 0.313. The normalized spacial score (nSPS) is 16.7. The number of nitrogens with zero attached hydrogens (tertiary/aromatic N) is 3. The van der Waals surface area contributed by atoms with Gasteiger partial charge in [-0.3, -0.25) is 0 Å². The summed E-state index contributed by atoms with van der Waals surface area (Å²) in [6, 6.07) is 1.28. The maximum absolute atomic E-state index is 12.8. The predicted octanol–water partition coefficient (Wildman–Crippen LogP) is 2.92. The molecular formula is C12H17F3N4. The number of hydrogen-bond acceptors (Lipinski definition) is 4. The van der Waals surface area contributed by atoms with Crippen LogP contribution in [0, 0.1) is 0 Å². The van der Waals surface area contributed by atoms with Crippen molar-refractivity contribution in [3.05, 3.63) is 11.8 Å². The largest absolute Gasteiger partial charge is 0.433 e. The van der Waals surface area contributed by atoms with Crippen molar-refractivity contribution in [1.82, 2.24) is 9.97 Å². The first kappa shape index (κ1) is 13.9. The van der Waals surface area contributed by atoms with E-state index in [2.05, 4.69) is 15.3 Å². The Morgan fingerprint density at radius 1 is 1.26 bits per heavy atom. The van der Waals surface area contributed by atoms with Crippen molar-refractivity contribution in [3.8, 4) is 0 Å².